The first-order valence-electron chi connectivity index (χ1n) is 4.11. The molecule has 1 heterocycles. The minimum Gasteiger partial charge on any atom is -0.477 e. The zero-order chi connectivity index (χ0) is 8.72. The first-order chi connectivity index (χ1) is 5.70. The highest BCUT2D eigenvalue weighted by Gasteiger charge is 2.27. The molecule has 1 N–H and O–H groups in total. The second-order valence-corrected chi connectivity index (χ2v) is 3.29. The van der Waals surface area contributed by atoms with E-state index in [1.54, 1.807) is 0 Å². The summed E-state index contributed by atoms with van der Waals surface area (Å²) >= 11 is 0. The smallest absolute Gasteiger partial charge is 0.352 e. The molecule has 0 radical (unpaired) electrons. The van der Waals surface area contributed by atoms with Crippen LogP contribution in [-0.2, 0) is 0 Å². The zero-order valence-electron chi connectivity index (χ0n) is 6.95. The van der Waals surface area contributed by atoms with E-state index in [2.05, 4.69) is 0 Å². The zero-order valence-corrected chi connectivity index (χ0v) is 6.95. The van der Waals surface area contributed by atoms with E-state index in [9.17, 15) is 4.79 Å². The molecule has 0 atom stereocenters. The molecule has 0 spiro atoms. The molecule has 1 fully saturated rings. The van der Waals surface area contributed by atoms with Crippen LogP contribution in [0.3, 0.4) is 0 Å². The lowest BCUT2D eigenvalue weighted by molar-refractivity contribution is 0.0684. The highest BCUT2D eigenvalue weighted by Crippen LogP contribution is 2.36. The molecular formula is C9H11NO2. The number of hydrogen-bond donors (Lipinski definition) is 1. The molecule has 1 saturated carbocycles. The van der Waals surface area contributed by atoms with Gasteiger partial charge in [0, 0.05) is 12.2 Å². The fourth-order valence-electron chi connectivity index (χ4n) is 1.49. The van der Waals surface area contributed by atoms with E-state index in [1.807, 2.05) is 23.8 Å². The Balaban J connectivity index is 2.46. The summed E-state index contributed by atoms with van der Waals surface area (Å²) in [6, 6.07) is 2.31. The maximum Gasteiger partial charge on any atom is 0.352 e. The summed E-state index contributed by atoms with van der Waals surface area (Å²) in [5, 5.41) is 8.89. The van der Waals surface area contributed by atoms with Crippen molar-refractivity contribution in [1.82, 2.24) is 4.57 Å². The lowest BCUT2D eigenvalue weighted by Crippen LogP contribution is -2.07. The van der Waals surface area contributed by atoms with Crippen molar-refractivity contribution in [3.63, 3.8) is 0 Å². The first-order valence-corrected chi connectivity index (χ1v) is 4.11. The molecule has 12 heavy (non-hydrogen) atoms. The minimum absolute atomic E-state index is 0.449. The molecule has 1 aromatic heterocycles. The van der Waals surface area contributed by atoms with Crippen LogP contribution in [-0.4, -0.2) is 15.6 Å². The van der Waals surface area contributed by atoms with E-state index in [0.717, 1.165) is 18.4 Å². The van der Waals surface area contributed by atoms with E-state index in [-0.39, 0.29) is 0 Å². The molecule has 0 saturated heterocycles. The fourth-order valence-corrected chi connectivity index (χ4v) is 1.49. The number of carbonyl (C=O) groups is 1. The molecule has 3 heteroatoms. The third kappa shape index (κ3) is 1.02. The van der Waals surface area contributed by atoms with Crippen molar-refractivity contribution in [2.75, 3.05) is 0 Å². The summed E-state index contributed by atoms with van der Waals surface area (Å²) in [5.74, 6) is -0.815. The molecule has 0 amide bonds. The van der Waals surface area contributed by atoms with Gasteiger partial charge in [0.05, 0.1) is 0 Å². The fraction of sp³-hybridized carbons (Fsp3) is 0.444. The maximum atomic E-state index is 10.8. The SMILES string of the molecule is Cc1ccn(C2CC2)c1C(=O)O. The quantitative estimate of drug-likeness (QED) is 0.726. The Kier molecular flexibility index (Phi) is 1.46. The predicted molar refractivity (Wildman–Crippen MR) is 44.4 cm³/mol. The van der Waals surface area contributed by atoms with Gasteiger partial charge in [-0.2, -0.15) is 0 Å². The highest BCUT2D eigenvalue weighted by molar-refractivity contribution is 5.87. The lowest BCUT2D eigenvalue weighted by Gasteiger charge is -2.03. The predicted octanol–water partition coefficient (Wildman–Crippen LogP) is 1.83. The molecule has 1 aromatic rings. The Hall–Kier alpha value is -1.25. The van der Waals surface area contributed by atoms with Crippen molar-refractivity contribution in [2.24, 2.45) is 0 Å². The Bertz CT molecular complexity index is 323. The van der Waals surface area contributed by atoms with Crippen molar-refractivity contribution in [3.05, 3.63) is 23.5 Å². The van der Waals surface area contributed by atoms with Gasteiger partial charge in [0.2, 0.25) is 0 Å². The summed E-state index contributed by atoms with van der Waals surface area (Å²) < 4.78 is 1.87. The second kappa shape index (κ2) is 2.37. The topological polar surface area (TPSA) is 42.2 Å². The van der Waals surface area contributed by atoms with Gasteiger partial charge in [0.25, 0.3) is 0 Å². The number of rotatable bonds is 2. The third-order valence-corrected chi connectivity index (χ3v) is 2.26. The maximum absolute atomic E-state index is 10.8. The van der Waals surface area contributed by atoms with Gasteiger partial charge < -0.3 is 9.67 Å². The average Bonchev–Trinajstić information content (AvgIpc) is 2.75. The van der Waals surface area contributed by atoms with E-state index >= 15 is 0 Å². The number of aromatic nitrogens is 1. The van der Waals surface area contributed by atoms with E-state index in [1.165, 1.54) is 0 Å². The average molecular weight is 165 g/mol. The van der Waals surface area contributed by atoms with Crippen LogP contribution in [0, 0.1) is 6.92 Å². The molecule has 3 nitrogen and oxygen atoms in total. The number of nitrogens with zero attached hydrogens (tertiary/aromatic N) is 1. The Morgan fingerprint density at radius 1 is 1.67 bits per heavy atom. The van der Waals surface area contributed by atoms with Gasteiger partial charge in [0.15, 0.2) is 0 Å². The summed E-state index contributed by atoms with van der Waals surface area (Å²) in [7, 11) is 0. The molecule has 2 rings (SSSR count). The van der Waals surface area contributed by atoms with Crippen LogP contribution in [0.15, 0.2) is 12.3 Å². The van der Waals surface area contributed by atoms with Crippen LogP contribution in [0.4, 0.5) is 0 Å². The monoisotopic (exact) mass is 165 g/mol. The minimum atomic E-state index is -0.815. The number of aromatic carboxylic acids is 1. The van der Waals surface area contributed by atoms with Gasteiger partial charge in [-0.05, 0) is 31.4 Å². The van der Waals surface area contributed by atoms with E-state index in [4.69, 9.17) is 5.11 Å². The van der Waals surface area contributed by atoms with Gasteiger partial charge in [-0.3, -0.25) is 0 Å². The van der Waals surface area contributed by atoms with Crippen molar-refractivity contribution >= 4 is 5.97 Å². The number of hydrogen-bond acceptors (Lipinski definition) is 1. The molecule has 0 aliphatic heterocycles. The standard InChI is InChI=1S/C9H11NO2/c1-6-4-5-10(7-2-3-7)8(6)9(11)12/h4-5,7H,2-3H2,1H3,(H,11,12). The molecule has 0 bridgehead atoms. The summed E-state index contributed by atoms with van der Waals surface area (Å²) in [5.41, 5.74) is 1.31. The Morgan fingerprint density at radius 2 is 2.33 bits per heavy atom. The van der Waals surface area contributed by atoms with Crippen LogP contribution < -0.4 is 0 Å². The molecular weight excluding hydrogens is 154 g/mol. The van der Waals surface area contributed by atoms with E-state index in [0.29, 0.717) is 11.7 Å². The number of aryl methyl sites for hydroxylation is 1. The van der Waals surface area contributed by atoms with Gasteiger partial charge in [0.1, 0.15) is 5.69 Å². The number of carboxylic acid groups (broad SMARTS) is 1. The Morgan fingerprint density at radius 3 is 2.83 bits per heavy atom. The molecule has 1 aliphatic rings. The van der Waals surface area contributed by atoms with Crippen LogP contribution in [0.2, 0.25) is 0 Å². The highest BCUT2D eigenvalue weighted by atomic mass is 16.4. The van der Waals surface area contributed by atoms with Crippen molar-refractivity contribution in [1.29, 1.82) is 0 Å². The van der Waals surface area contributed by atoms with Crippen molar-refractivity contribution in [3.8, 4) is 0 Å². The molecule has 1 aliphatic carbocycles. The lowest BCUT2D eigenvalue weighted by atomic mass is 10.3. The van der Waals surface area contributed by atoms with Crippen LogP contribution in [0.1, 0.15) is 34.9 Å². The van der Waals surface area contributed by atoms with Crippen molar-refractivity contribution < 1.29 is 9.90 Å². The normalized spacial score (nSPS) is 16.4. The van der Waals surface area contributed by atoms with Gasteiger partial charge in [-0.25, -0.2) is 4.79 Å². The first kappa shape index (κ1) is 7.40. The van der Waals surface area contributed by atoms with Crippen LogP contribution >= 0.6 is 0 Å². The largest absolute Gasteiger partial charge is 0.477 e. The third-order valence-electron chi connectivity index (χ3n) is 2.26. The van der Waals surface area contributed by atoms with Crippen LogP contribution in [0.25, 0.3) is 0 Å². The summed E-state index contributed by atoms with van der Waals surface area (Å²) in [6.45, 7) is 1.84. The summed E-state index contributed by atoms with van der Waals surface area (Å²) in [4.78, 5) is 10.8. The van der Waals surface area contributed by atoms with Gasteiger partial charge in [-0.15, -0.1) is 0 Å². The van der Waals surface area contributed by atoms with Crippen LogP contribution in [0.5, 0.6) is 0 Å². The summed E-state index contributed by atoms with van der Waals surface area (Å²) in [6.07, 6.45) is 4.11. The van der Waals surface area contributed by atoms with Gasteiger partial charge in [-0.1, -0.05) is 0 Å². The number of carboxylic acids is 1. The van der Waals surface area contributed by atoms with E-state index < -0.39 is 5.97 Å². The van der Waals surface area contributed by atoms with Crippen molar-refractivity contribution in [2.45, 2.75) is 25.8 Å². The van der Waals surface area contributed by atoms with Gasteiger partial charge >= 0.3 is 5.97 Å². The molecule has 64 valence electrons. The Labute approximate surface area is 70.6 Å². The molecule has 0 aromatic carbocycles. The molecule has 0 unspecified atom stereocenters. The second-order valence-electron chi connectivity index (χ2n) is 3.29.